The van der Waals surface area contributed by atoms with Crippen LogP contribution in [-0.2, 0) is 38.4 Å². The van der Waals surface area contributed by atoms with E-state index in [0.29, 0.717) is 50.4 Å². The average molecular weight is 1440 g/mol. The third kappa shape index (κ3) is 42.7. The lowest BCUT2D eigenvalue weighted by atomic mass is 9.74. The monoisotopic (exact) mass is 1440 g/mol. The van der Waals surface area contributed by atoms with E-state index >= 15 is 0 Å². The molecule has 16 nitrogen and oxygen atoms in total. The Morgan fingerprint density at radius 2 is 0.627 bits per heavy atom. The largest absolute Gasteiger partial charge is 0.386 e. The van der Waals surface area contributed by atoms with E-state index in [9.17, 15) is 38.4 Å². The summed E-state index contributed by atoms with van der Waals surface area (Å²) in [5, 5.41) is 16.5. The Kier molecular flexibility index (Phi) is 52.2. The smallest absolute Gasteiger partial charge is 0.150 e. The standard InChI is InChI=1S/C23H43NO2.2C22H42N2O2.C19H37N3O2/c1-8-18-9-11-19(12-10-18)13-20(23(26)16(4)5)14-21(25)22(15(2)3)24-17(6)7;2*1-16(2)21(23-18(5)6)20(25)15-19(22(26)17(3)4)11-10-14-24-12-8-7-9-13-24;1-12(2)18(22-14(5)6)17(23)11-16(19(24)13(3)4)9-8-10-21-15(7)20/h15-20,22,24H,8-14H2,1-7H3;2*16-19,21,23H,7-15H2,1-6H3;12-14,16,18,21-22H,7-11,20H2,1-6H3. The van der Waals surface area contributed by atoms with Gasteiger partial charge >= 0.3 is 0 Å². The zero-order valence-corrected chi connectivity index (χ0v) is 70.7. The van der Waals surface area contributed by atoms with Crippen molar-refractivity contribution in [2.75, 3.05) is 45.8 Å². The molecule has 2 aliphatic heterocycles. The highest BCUT2D eigenvalue weighted by atomic mass is 16.2. The van der Waals surface area contributed by atoms with Crippen molar-refractivity contribution in [2.24, 2.45) is 88.6 Å². The Morgan fingerprint density at radius 1 is 0.373 bits per heavy atom. The SMILES string of the molecule is C=C(N)NCCCC(CC(=O)C(NC(C)C)C(C)C)C(=O)C(C)C.CC(C)NC(C(=O)CC(CCCN1CCCCC1)C(=O)C(C)C)C(C)C.CC(C)NC(C(=O)CC(CCCN1CCCCC1)C(=O)C(C)C)C(C)C.CCC1CCC(CC(CC(=O)C(NC(C)C)C(C)C)C(=O)C(C)C)CC1. The lowest BCUT2D eigenvalue weighted by Crippen LogP contribution is -2.45. The van der Waals surface area contributed by atoms with E-state index in [4.69, 9.17) is 5.73 Å². The molecular weight excluding hydrogens is 1270 g/mol. The van der Waals surface area contributed by atoms with Crippen LogP contribution in [0.4, 0.5) is 0 Å². The summed E-state index contributed by atoms with van der Waals surface area (Å²) >= 11 is 0. The van der Waals surface area contributed by atoms with Gasteiger partial charge in [0.05, 0.1) is 30.0 Å². The van der Waals surface area contributed by atoms with Crippen molar-refractivity contribution in [3.8, 4) is 0 Å². The van der Waals surface area contributed by atoms with Crippen molar-refractivity contribution in [2.45, 2.75) is 363 Å². The number of rotatable bonds is 48. The van der Waals surface area contributed by atoms with Crippen LogP contribution in [-0.4, -0.2) is 150 Å². The molecule has 0 aromatic rings. The third-order valence-electron chi connectivity index (χ3n) is 21.0. The van der Waals surface area contributed by atoms with E-state index in [1.54, 1.807) is 0 Å². The van der Waals surface area contributed by atoms with Crippen molar-refractivity contribution >= 4 is 46.3 Å². The fraction of sp³-hybridized carbons (Fsp3) is 0.884. The summed E-state index contributed by atoms with van der Waals surface area (Å²) in [6.45, 7) is 62.0. The van der Waals surface area contributed by atoms with E-state index in [2.05, 4.69) is 133 Å². The van der Waals surface area contributed by atoms with Crippen LogP contribution in [0.5, 0.6) is 0 Å². The van der Waals surface area contributed by atoms with Gasteiger partial charge in [0.15, 0.2) is 23.1 Å². The van der Waals surface area contributed by atoms with Gasteiger partial charge in [-0.15, -0.1) is 0 Å². The highest BCUT2D eigenvalue weighted by molar-refractivity contribution is 5.93. The van der Waals surface area contributed by atoms with Gasteiger partial charge in [0.25, 0.3) is 0 Å². The molecule has 8 unspecified atom stereocenters. The summed E-state index contributed by atoms with van der Waals surface area (Å²) in [5.74, 6) is 3.95. The Labute approximate surface area is 627 Å². The molecule has 0 aromatic heterocycles. The van der Waals surface area contributed by atoms with E-state index in [1.165, 1.54) is 96.8 Å². The molecule has 2 saturated heterocycles. The van der Waals surface area contributed by atoms with E-state index in [1.807, 2.05) is 83.1 Å². The lowest BCUT2D eigenvalue weighted by molar-refractivity contribution is -0.132. The molecule has 0 spiro atoms. The van der Waals surface area contributed by atoms with Crippen LogP contribution in [0.1, 0.15) is 314 Å². The second kappa shape index (κ2) is 54.1. The molecule has 3 fully saturated rings. The van der Waals surface area contributed by atoms with Gasteiger partial charge in [-0.25, -0.2) is 0 Å². The number of nitrogens with one attached hydrogen (secondary N) is 5. The first kappa shape index (κ1) is 98.5. The summed E-state index contributed by atoms with van der Waals surface area (Å²) in [4.78, 5) is 107. The number of nitrogens with two attached hydrogens (primary N) is 1. The highest BCUT2D eigenvalue weighted by Gasteiger charge is 2.35. The van der Waals surface area contributed by atoms with Gasteiger partial charge in [0.1, 0.15) is 23.1 Å². The number of Topliss-reactive ketones (excluding diaryl/α,β-unsaturated/α-hetero) is 8. The molecule has 0 aromatic carbocycles. The summed E-state index contributed by atoms with van der Waals surface area (Å²) in [6.07, 6.45) is 21.8. The van der Waals surface area contributed by atoms with Crippen LogP contribution in [0.2, 0.25) is 0 Å². The quantitative estimate of drug-likeness (QED) is 0.0311. The highest BCUT2D eigenvalue weighted by Crippen LogP contribution is 2.36. The maximum Gasteiger partial charge on any atom is 0.150 e. The topological polar surface area (TPSA) is 229 Å². The van der Waals surface area contributed by atoms with Crippen LogP contribution in [0.3, 0.4) is 0 Å². The normalized spacial score (nSPS) is 18.7. The van der Waals surface area contributed by atoms with Gasteiger partial charge in [-0.3, -0.25) is 38.4 Å². The minimum atomic E-state index is -0.222. The van der Waals surface area contributed by atoms with Crippen molar-refractivity contribution in [1.82, 2.24) is 36.4 Å². The van der Waals surface area contributed by atoms with Gasteiger partial charge in [-0.2, -0.15) is 0 Å². The number of hydrogen-bond donors (Lipinski definition) is 6. The second-order valence-corrected chi connectivity index (χ2v) is 35.1. The molecule has 1 saturated carbocycles. The number of piperidine rings is 2. The molecule has 0 amide bonds. The zero-order valence-electron chi connectivity index (χ0n) is 70.7. The van der Waals surface area contributed by atoms with E-state index in [0.717, 1.165) is 57.5 Å². The second-order valence-electron chi connectivity index (χ2n) is 35.1. The summed E-state index contributed by atoms with van der Waals surface area (Å²) < 4.78 is 0. The van der Waals surface area contributed by atoms with Crippen molar-refractivity contribution in [3.05, 3.63) is 12.4 Å². The molecule has 3 aliphatic rings. The van der Waals surface area contributed by atoms with Gasteiger partial charge in [-0.1, -0.05) is 225 Å². The third-order valence-corrected chi connectivity index (χ3v) is 21.0. The van der Waals surface area contributed by atoms with Gasteiger partial charge in [-0.05, 0) is 145 Å². The van der Waals surface area contributed by atoms with Gasteiger partial charge in [0, 0.05) is 104 Å². The maximum absolute atomic E-state index is 13.0. The van der Waals surface area contributed by atoms with Gasteiger partial charge < -0.3 is 42.1 Å². The molecule has 16 heteroatoms. The number of nitrogens with zero attached hydrogens (tertiary/aromatic N) is 2. The Bertz CT molecular complexity index is 2260. The minimum absolute atomic E-state index is 0.00153. The average Bonchev–Trinajstić information content (AvgIpc) is 0.871. The molecule has 102 heavy (non-hydrogen) atoms. The minimum Gasteiger partial charge on any atom is -0.386 e. The predicted molar refractivity (Wildman–Crippen MR) is 429 cm³/mol. The fourth-order valence-corrected chi connectivity index (χ4v) is 15.1. The number of carbonyl (C=O) groups is 8. The first-order chi connectivity index (χ1) is 47.6. The summed E-state index contributed by atoms with van der Waals surface area (Å²) in [5.41, 5.74) is 5.48. The van der Waals surface area contributed by atoms with Crippen molar-refractivity contribution < 1.29 is 38.4 Å². The number of ketones is 8. The van der Waals surface area contributed by atoms with Crippen LogP contribution in [0.15, 0.2) is 12.4 Å². The Hall–Kier alpha value is -3.54. The van der Waals surface area contributed by atoms with Crippen LogP contribution < -0.4 is 32.3 Å². The molecule has 0 bridgehead atoms. The molecule has 3 rings (SSSR count). The first-order valence-electron chi connectivity index (χ1n) is 41.6. The number of likely N-dealkylation sites (tertiary alicyclic amines) is 2. The van der Waals surface area contributed by atoms with Crippen LogP contribution in [0.25, 0.3) is 0 Å². The van der Waals surface area contributed by atoms with Crippen molar-refractivity contribution in [3.63, 3.8) is 0 Å². The Balaban J connectivity index is 0.00000133. The molecule has 0 radical (unpaired) electrons. The Morgan fingerprint density at radius 3 is 0.873 bits per heavy atom. The molecule has 8 atom stereocenters. The van der Waals surface area contributed by atoms with Crippen molar-refractivity contribution in [1.29, 1.82) is 0 Å². The molecule has 1 aliphatic carbocycles. The predicted octanol–water partition coefficient (Wildman–Crippen LogP) is 16.2. The zero-order chi connectivity index (χ0) is 78.1. The maximum atomic E-state index is 13.0. The van der Waals surface area contributed by atoms with Crippen LogP contribution in [0, 0.1) is 82.9 Å². The molecule has 2 heterocycles. The van der Waals surface area contributed by atoms with E-state index in [-0.39, 0.29) is 166 Å². The van der Waals surface area contributed by atoms with E-state index < -0.39 is 0 Å². The number of carbonyl (C=O) groups excluding carboxylic acids is 8. The number of hydrogen-bond acceptors (Lipinski definition) is 16. The summed E-state index contributed by atoms with van der Waals surface area (Å²) in [7, 11) is 0. The van der Waals surface area contributed by atoms with Crippen LogP contribution >= 0.6 is 0 Å². The molecule has 596 valence electrons. The lowest BCUT2D eigenvalue weighted by Gasteiger charge is -2.31. The summed E-state index contributed by atoms with van der Waals surface area (Å²) in [6, 6.07) is 0.395. The molecular formula is C86H164N8O8. The molecule has 7 N–H and O–H groups in total. The first-order valence-corrected chi connectivity index (χ1v) is 41.6. The fourth-order valence-electron chi connectivity index (χ4n) is 15.1. The van der Waals surface area contributed by atoms with Gasteiger partial charge in [0.2, 0.25) is 0 Å².